The number of benzene rings is 1. The molecule has 22 heavy (non-hydrogen) atoms. The highest BCUT2D eigenvalue weighted by atomic mass is 16.5. The molecule has 0 aliphatic rings. The summed E-state index contributed by atoms with van der Waals surface area (Å²) >= 11 is 0. The Morgan fingerprint density at radius 2 is 1.73 bits per heavy atom. The number of hydrogen-bond acceptors (Lipinski definition) is 4. The Bertz CT molecular complexity index is 861. The Labute approximate surface area is 128 Å². The molecule has 5 heteroatoms. The number of nitrogens with zero attached hydrogens (tertiary/aromatic N) is 2. The number of hydrogen-bond donors (Lipinski definition) is 1. The Balaban J connectivity index is 2.03. The van der Waals surface area contributed by atoms with E-state index in [1.54, 1.807) is 13.0 Å². The summed E-state index contributed by atoms with van der Waals surface area (Å²) in [6.45, 7) is 7.63. The van der Waals surface area contributed by atoms with Gasteiger partial charge in [0.25, 0.3) is 11.6 Å². The molecule has 1 amide bonds. The quantitative estimate of drug-likeness (QED) is 0.782. The number of aryl methyl sites for hydroxylation is 4. The molecule has 112 valence electrons. The van der Waals surface area contributed by atoms with E-state index in [4.69, 9.17) is 4.52 Å². The van der Waals surface area contributed by atoms with Crippen LogP contribution in [0.25, 0.3) is 11.1 Å². The monoisotopic (exact) mass is 295 g/mol. The van der Waals surface area contributed by atoms with Crippen molar-refractivity contribution in [3.8, 4) is 0 Å². The summed E-state index contributed by atoms with van der Waals surface area (Å²) < 4.78 is 5.17. The van der Waals surface area contributed by atoms with E-state index < -0.39 is 0 Å². The third-order valence-electron chi connectivity index (χ3n) is 3.47. The SMILES string of the molecule is Cc1cc(C)cc(NC(=O)c2cc(C)nc3onc(C)c23)c1. The molecule has 0 fully saturated rings. The Morgan fingerprint density at radius 1 is 1.05 bits per heavy atom. The first-order chi connectivity index (χ1) is 10.4. The van der Waals surface area contributed by atoms with Crippen molar-refractivity contribution in [1.82, 2.24) is 10.1 Å². The fourth-order valence-corrected chi connectivity index (χ4v) is 2.64. The van der Waals surface area contributed by atoms with Crippen LogP contribution in [0.4, 0.5) is 5.69 Å². The summed E-state index contributed by atoms with van der Waals surface area (Å²) in [6, 6.07) is 7.70. The van der Waals surface area contributed by atoms with Gasteiger partial charge < -0.3 is 9.84 Å². The summed E-state index contributed by atoms with van der Waals surface area (Å²) in [5, 5.41) is 7.50. The predicted molar refractivity (Wildman–Crippen MR) is 85.1 cm³/mol. The first-order valence-corrected chi connectivity index (χ1v) is 7.07. The zero-order chi connectivity index (χ0) is 15.9. The van der Waals surface area contributed by atoms with Crippen molar-refractivity contribution in [2.45, 2.75) is 27.7 Å². The van der Waals surface area contributed by atoms with Crippen molar-refractivity contribution in [3.05, 3.63) is 52.3 Å². The first-order valence-electron chi connectivity index (χ1n) is 7.07. The molecule has 0 saturated heterocycles. The Kier molecular flexibility index (Phi) is 3.41. The van der Waals surface area contributed by atoms with Crippen LogP contribution in [0, 0.1) is 27.7 Å². The number of amides is 1. The van der Waals surface area contributed by atoms with Gasteiger partial charge in [-0.1, -0.05) is 11.2 Å². The van der Waals surface area contributed by atoms with E-state index in [-0.39, 0.29) is 5.91 Å². The van der Waals surface area contributed by atoms with Crippen LogP contribution in [0.3, 0.4) is 0 Å². The van der Waals surface area contributed by atoms with E-state index in [0.717, 1.165) is 16.8 Å². The van der Waals surface area contributed by atoms with E-state index in [2.05, 4.69) is 21.5 Å². The third kappa shape index (κ3) is 2.57. The van der Waals surface area contributed by atoms with Crippen LogP contribution in [-0.4, -0.2) is 16.0 Å². The lowest BCUT2D eigenvalue weighted by Crippen LogP contribution is -2.13. The average molecular weight is 295 g/mol. The van der Waals surface area contributed by atoms with Crippen molar-refractivity contribution >= 4 is 22.7 Å². The fourth-order valence-electron chi connectivity index (χ4n) is 2.64. The fraction of sp³-hybridized carbons (Fsp3) is 0.235. The second kappa shape index (κ2) is 5.26. The van der Waals surface area contributed by atoms with E-state index >= 15 is 0 Å². The van der Waals surface area contributed by atoms with Crippen LogP contribution in [0.1, 0.15) is 32.9 Å². The maximum absolute atomic E-state index is 12.6. The predicted octanol–water partition coefficient (Wildman–Crippen LogP) is 3.71. The molecule has 0 radical (unpaired) electrons. The minimum atomic E-state index is -0.188. The molecule has 0 saturated carbocycles. The molecule has 0 aliphatic heterocycles. The Hall–Kier alpha value is -2.69. The number of aromatic nitrogens is 2. The molecular weight excluding hydrogens is 278 g/mol. The lowest BCUT2D eigenvalue weighted by Gasteiger charge is -2.09. The number of carbonyl (C=O) groups excluding carboxylic acids is 1. The molecule has 0 atom stereocenters. The van der Waals surface area contributed by atoms with Crippen LogP contribution < -0.4 is 5.32 Å². The van der Waals surface area contributed by atoms with Gasteiger partial charge >= 0.3 is 0 Å². The largest absolute Gasteiger partial charge is 0.336 e. The average Bonchev–Trinajstić information content (AvgIpc) is 2.78. The molecule has 0 spiro atoms. The number of carbonyl (C=O) groups is 1. The maximum Gasteiger partial charge on any atom is 0.258 e. The second-order valence-corrected chi connectivity index (χ2v) is 5.59. The van der Waals surface area contributed by atoms with Gasteiger partial charge in [0.15, 0.2) is 0 Å². The van der Waals surface area contributed by atoms with E-state index in [9.17, 15) is 4.79 Å². The van der Waals surface area contributed by atoms with Gasteiger partial charge in [0, 0.05) is 11.4 Å². The van der Waals surface area contributed by atoms with Crippen molar-refractivity contribution in [2.75, 3.05) is 5.32 Å². The van der Waals surface area contributed by atoms with Crippen LogP contribution >= 0.6 is 0 Å². The number of rotatable bonds is 2. The first kappa shape index (κ1) is 14.3. The normalized spacial score (nSPS) is 10.9. The molecule has 2 heterocycles. The minimum absolute atomic E-state index is 0.188. The van der Waals surface area contributed by atoms with Crippen molar-refractivity contribution in [3.63, 3.8) is 0 Å². The highest BCUT2D eigenvalue weighted by molar-refractivity contribution is 6.12. The van der Waals surface area contributed by atoms with Gasteiger partial charge in [0.1, 0.15) is 0 Å². The van der Waals surface area contributed by atoms with Gasteiger partial charge in [-0.25, -0.2) is 4.98 Å². The third-order valence-corrected chi connectivity index (χ3v) is 3.47. The second-order valence-electron chi connectivity index (χ2n) is 5.59. The molecule has 1 N–H and O–H groups in total. The lowest BCUT2D eigenvalue weighted by atomic mass is 10.1. The summed E-state index contributed by atoms with van der Waals surface area (Å²) in [5.74, 6) is -0.188. The Morgan fingerprint density at radius 3 is 2.41 bits per heavy atom. The topological polar surface area (TPSA) is 68.0 Å². The highest BCUT2D eigenvalue weighted by Crippen LogP contribution is 2.23. The molecule has 3 aromatic rings. The molecule has 0 bridgehead atoms. The van der Waals surface area contributed by atoms with Crippen LogP contribution in [0.15, 0.2) is 28.8 Å². The summed E-state index contributed by atoms with van der Waals surface area (Å²) in [4.78, 5) is 16.9. The summed E-state index contributed by atoms with van der Waals surface area (Å²) in [7, 11) is 0. The van der Waals surface area contributed by atoms with Crippen LogP contribution in [-0.2, 0) is 0 Å². The van der Waals surface area contributed by atoms with Gasteiger partial charge in [-0.2, -0.15) is 0 Å². The van der Waals surface area contributed by atoms with Crippen molar-refractivity contribution < 1.29 is 9.32 Å². The standard InChI is InChI=1S/C17H17N3O2/c1-9-5-10(2)7-13(6-9)19-16(21)14-8-11(3)18-17-15(14)12(4)20-22-17/h5-8H,1-4H3,(H,19,21). The molecule has 2 aromatic heterocycles. The van der Waals surface area contributed by atoms with Gasteiger partial charge in [-0.3, -0.25) is 4.79 Å². The zero-order valence-electron chi connectivity index (χ0n) is 13.0. The summed E-state index contributed by atoms with van der Waals surface area (Å²) in [6.07, 6.45) is 0. The lowest BCUT2D eigenvalue weighted by molar-refractivity contribution is 0.102. The number of anilines is 1. The highest BCUT2D eigenvalue weighted by Gasteiger charge is 2.18. The smallest absolute Gasteiger partial charge is 0.258 e. The van der Waals surface area contributed by atoms with Crippen LogP contribution in [0.5, 0.6) is 0 Å². The zero-order valence-corrected chi connectivity index (χ0v) is 13.0. The number of nitrogens with one attached hydrogen (secondary N) is 1. The van der Waals surface area contributed by atoms with E-state index in [0.29, 0.717) is 28.1 Å². The summed E-state index contributed by atoms with van der Waals surface area (Å²) in [5.41, 5.74) is 5.28. The molecule has 0 unspecified atom stereocenters. The minimum Gasteiger partial charge on any atom is -0.336 e. The van der Waals surface area contributed by atoms with Gasteiger partial charge in [0.2, 0.25) is 0 Å². The van der Waals surface area contributed by atoms with Crippen molar-refractivity contribution in [2.24, 2.45) is 0 Å². The van der Waals surface area contributed by atoms with E-state index in [1.165, 1.54) is 0 Å². The molecule has 3 rings (SSSR count). The van der Waals surface area contributed by atoms with Gasteiger partial charge in [-0.15, -0.1) is 0 Å². The molecular formula is C17H17N3O2. The van der Waals surface area contributed by atoms with Crippen molar-refractivity contribution in [1.29, 1.82) is 0 Å². The molecule has 5 nitrogen and oxygen atoms in total. The van der Waals surface area contributed by atoms with Gasteiger partial charge in [0.05, 0.1) is 16.6 Å². The number of fused-ring (bicyclic) bond motifs is 1. The molecule has 0 aliphatic carbocycles. The molecule has 1 aromatic carbocycles. The van der Waals surface area contributed by atoms with Crippen LogP contribution in [0.2, 0.25) is 0 Å². The van der Waals surface area contributed by atoms with Gasteiger partial charge in [-0.05, 0) is 57.0 Å². The number of pyridine rings is 1. The van der Waals surface area contributed by atoms with E-state index in [1.807, 2.05) is 32.9 Å². The maximum atomic E-state index is 12.6.